The molecule has 0 unspecified atom stereocenters. The van der Waals surface area contributed by atoms with E-state index in [9.17, 15) is 22.8 Å². The van der Waals surface area contributed by atoms with Crippen molar-refractivity contribution in [1.29, 1.82) is 0 Å². The van der Waals surface area contributed by atoms with E-state index in [-0.39, 0.29) is 17.1 Å². The van der Waals surface area contributed by atoms with Gasteiger partial charge in [-0.2, -0.15) is 4.31 Å². The second-order valence-corrected chi connectivity index (χ2v) is 9.00. The molecule has 32 heavy (non-hydrogen) atoms. The molecule has 1 aliphatic heterocycles. The Kier molecular flexibility index (Phi) is 7.60. The van der Waals surface area contributed by atoms with Crippen LogP contribution >= 0.6 is 0 Å². The Morgan fingerprint density at radius 1 is 0.938 bits per heavy atom. The van der Waals surface area contributed by atoms with Gasteiger partial charge in [0.25, 0.3) is 5.91 Å². The third-order valence-electron chi connectivity index (χ3n) is 4.79. The van der Waals surface area contributed by atoms with Crippen molar-refractivity contribution in [3.05, 3.63) is 59.7 Å². The summed E-state index contributed by atoms with van der Waals surface area (Å²) in [5.41, 5.74) is 0.801. The van der Waals surface area contributed by atoms with Crippen molar-refractivity contribution in [1.82, 2.24) is 4.31 Å². The minimum absolute atomic E-state index is 0.0139. The van der Waals surface area contributed by atoms with Crippen LogP contribution in [-0.4, -0.2) is 56.9 Å². The van der Waals surface area contributed by atoms with Gasteiger partial charge in [-0.05, 0) is 62.2 Å². The summed E-state index contributed by atoms with van der Waals surface area (Å²) in [5, 5.41) is 2.55. The monoisotopic (exact) mass is 460 g/mol. The fraction of sp³-hybridized carbons (Fsp3) is 0.318. The lowest BCUT2D eigenvalue weighted by molar-refractivity contribution is -0.119. The maximum Gasteiger partial charge on any atom is 0.338 e. The molecule has 1 amide bonds. The van der Waals surface area contributed by atoms with Crippen molar-refractivity contribution in [3.8, 4) is 0 Å². The van der Waals surface area contributed by atoms with Crippen LogP contribution in [0.5, 0.6) is 0 Å². The summed E-state index contributed by atoms with van der Waals surface area (Å²) in [5.74, 6) is -1.85. The van der Waals surface area contributed by atoms with E-state index in [1.807, 2.05) is 0 Å². The SMILES string of the molecule is CCOC(=O)c1ccc(NC(=O)COC(=O)c2cccc(S(=O)(=O)N3CCCC3)c2)cc1. The van der Waals surface area contributed by atoms with Crippen molar-refractivity contribution < 1.29 is 32.3 Å². The van der Waals surface area contributed by atoms with E-state index >= 15 is 0 Å². The number of nitrogens with one attached hydrogen (secondary N) is 1. The first-order valence-corrected chi connectivity index (χ1v) is 11.6. The summed E-state index contributed by atoms with van der Waals surface area (Å²) in [6, 6.07) is 11.6. The third-order valence-corrected chi connectivity index (χ3v) is 6.68. The molecule has 3 rings (SSSR count). The summed E-state index contributed by atoms with van der Waals surface area (Å²) in [7, 11) is -3.67. The smallest absolute Gasteiger partial charge is 0.338 e. The number of carbonyl (C=O) groups is 3. The van der Waals surface area contributed by atoms with E-state index < -0.39 is 34.5 Å². The second-order valence-electron chi connectivity index (χ2n) is 7.06. The number of ether oxygens (including phenoxy) is 2. The summed E-state index contributed by atoms with van der Waals surface area (Å²) in [6.07, 6.45) is 1.61. The maximum absolute atomic E-state index is 12.7. The van der Waals surface area contributed by atoms with Gasteiger partial charge in [-0.3, -0.25) is 4.79 Å². The van der Waals surface area contributed by atoms with E-state index in [1.165, 1.54) is 52.8 Å². The van der Waals surface area contributed by atoms with E-state index in [2.05, 4.69) is 5.32 Å². The Hall–Kier alpha value is -3.24. The van der Waals surface area contributed by atoms with Gasteiger partial charge in [0.1, 0.15) is 0 Å². The normalized spacial score (nSPS) is 14.0. The summed E-state index contributed by atoms with van der Waals surface area (Å²) >= 11 is 0. The van der Waals surface area contributed by atoms with Crippen molar-refractivity contribution in [2.24, 2.45) is 0 Å². The van der Waals surface area contributed by atoms with Gasteiger partial charge < -0.3 is 14.8 Å². The lowest BCUT2D eigenvalue weighted by Gasteiger charge is -2.15. The van der Waals surface area contributed by atoms with Crippen molar-refractivity contribution in [3.63, 3.8) is 0 Å². The zero-order valence-electron chi connectivity index (χ0n) is 17.6. The number of carbonyl (C=O) groups excluding carboxylic acids is 3. The van der Waals surface area contributed by atoms with E-state index in [4.69, 9.17) is 9.47 Å². The maximum atomic E-state index is 12.7. The van der Waals surface area contributed by atoms with Crippen molar-refractivity contribution in [2.75, 3.05) is 31.6 Å². The largest absolute Gasteiger partial charge is 0.462 e. The fourth-order valence-corrected chi connectivity index (χ4v) is 4.74. The second kappa shape index (κ2) is 10.4. The molecule has 1 fully saturated rings. The van der Waals surface area contributed by atoms with Crippen LogP contribution < -0.4 is 5.32 Å². The number of hydrogen-bond donors (Lipinski definition) is 1. The van der Waals surface area contributed by atoms with E-state index in [0.717, 1.165) is 12.8 Å². The fourth-order valence-electron chi connectivity index (χ4n) is 3.18. The van der Waals surface area contributed by atoms with Gasteiger partial charge >= 0.3 is 11.9 Å². The standard InChI is InChI=1S/C22H24N2O7S/c1-2-30-21(26)16-8-10-18(11-9-16)23-20(25)15-31-22(27)17-6-5-7-19(14-17)32(28,29)24-12-3-4-13-24/h5-11,14H,2-4,12-13,15H2,1H3,(H,23,25). The molecule has 2 aromatic rings. The van der Waals surface area contributed by atoms with Crippen LogP contribution in [0.3, 0.4) is 0 Å². The first-order valence-electron chi connectivity index (χ1n) is 10.2. The molecule has 9 nitrogen and oxygen atoms in total. The van der Waals surface area contributed by atoms with Gasteiger partial charge in [0.05, 0.1) is 22.6 Å². The molecular weight excluding hydrogens is 436 g/mol. The topological polar surface area (TPSA) is 119 Å². The summed E-state index contributed by atoms with van der Waals surface area (Å²) in [4.78, 5) is 36.1. The lowest BCUT2D eigenvalue weighted by Crippen LogP contribution is -2.28. The third kappa shape index (κ3) is 5.71. The van der Waals surface area contributed by atoms with Crippen molar-refractivity contribution in [2.45, 2.75) is 24.7 Å². The first kappa shape index (κ1) is 23.4. The number of rotatable bonds is 8. The Morgan fingerprint density at radius 2 is 1.59 bits per heavy atom. The van der Waals surface area contributed by atoms with Crippen LogP contribution in [0.15, 0.2) is 53.4 Å². The zero-order valence-corrected chi connectivity index (χ0v) is 18.4. The average molecular weight is 461 g/mol. The van der Waals surface area contributed by atoms with Crippen LogP contribution in [0.4, 0.5) is 5.69 Å². The van der Waals surface area contributed by atoms with E-state index in [0.29, 0.717) is 24.3 Å². The zero-order chi connectivity index (χ0) is 23.1. The van der Waals surface area contributed by atoms with Gasteiger partial charge in [0.2, 0.25) is 10.0 Å². The Balaban J connectivity index is 1.56. The number of benzene rings is 2. The number of amides is 1. The van der Waals surface area contributed by atoms with E-state index in [1.54, 1.807) is 6.92 Å². The predicted molar refractivity (Wildman–Crippen MR) is 116 cm³/mol. The van der Waals surface area contributed by atoms with Gasteiger partial charge in [0, 0.05) is 18.8 Å². The first-order chi connectivity index (χ1) is 15.3. The molecule has 0 radical (unpaired) electrons. The van der Waals surface area contributed by atoms with Gasteiger partial charge in [-0.25, -0.2) is 18.0 Å². The molecule has 0 saturated carbocycles. The molecular formula is C22H24N2O7S. The Bertz CT molecular complexity index is 1090. The van der Waals surface area contributed by atoms with Gasteiger partial charge in [-0.1, -0.05) is 6.07 Å². The molecule has 0 bridgehead atoms. The molecule has 1 N–H and O–H groups in total. The molecule has 0 aliphatic carbocycles. The highest BCUT2D eigenvalue weighted by Gasteiger charge is 2.27. The Labute approximate surface area is 186 Å². The molecule has 0 atom stereocenters. The van der Waals surface area contributed by atoms with Gasteiger partial charge in [-0.15, -0.1) is 0 Å². The highest BCUT2D eigenvalue weighted by atomic mass is 32.2. The molecule has 2 aromatic carbocycles. The molecule has 170 valence electrons. The number of hydrogen-bond acceptors (Lipinski definition) is 7. The minimum atomic E-state index is -3.67. The predicted octanol–water partition coefficient (Wildman–Crippen LogP) is 2.44. The van der Waals surface area contributed by atoms with Crippen LogP contribution in [-0.2, 0) is 24.3 Å². The molecule has 10 heteroatoms. The average Bonchev–Trinajstić information content (AvgIpc) is 3.34. The number of esters is 2. The minimum Gasteiger partial charge on any atom is -0.462 e. The van der Waals surface area contributed by atoms with Gasteiger partial charge in [0.15, 0.2) is 6.61 Å². The summed E-state index contributed by atoms with van der Waals surface area (Å²) in [6.45, 7) is 2.32. The van der Waals surface area contributed by atoms with Crippen molar-refractivity contribution >= 4 is 33.6 Å². The van der Waals surface area contributed by atoms with Crippen LogP contribution in [0, 0.1) is 0 Å². The molecule has 1 aliphatic rings. The quantitative estimate of drug-likeness (QED) is 0.601. The highest BCUT2D eigenvalue weighted by molar-refractivity contribution is 7.89. The van der Waals surface area contributed by atoms with Crippen LogP contribution in [0.2, 0.25) is 0 Å². The number of anilines is 1. The van der Waals surface area contributed by atoms with Crippen LogP contribution in [0.25, 0.3) is 0 Å². The number of nitrogens with zero attached hydrogens (tertiary/aromatic N) is 1. The Morgan fingerprint density at radius 3 is 2.25 bits per heavy atom. The molecule has 0 aromatic heterocycles. The molecule has 0 spiro atoms. The summed E-state index contributed by atoms with van der Waals surface area (Å²) < 4.78 is 36.6. The highest BCUT2D eigenvalue weighted by Crippen LogP contribution is 2.22. The lowest BCUT2D eigenvalue weighted by atomic mass is 10.2. The van der Waals surface area contributed by atoms with Crippen LogP contribution in [0.1, 0.15) is 40.5 Å². The number of sulfonamides is 1. The molecule has 1 heterocycles. The molecule has 1 saturated heterocycles.